The van der Waals surface area contributed by atoms with Gasteiger partial charge in [-0.15, -0.1) is 11.5 Å². The molecule has 2 fully saturated rings. The van der Waals surface area contributed by atoms with Gasteiger partial charge in [-0.05, 0) is 63.7 Å². The van der Waals surface area contributed by atoms with Crippen molar-refractivity contribution < 1.29 is 14.6 Å². The summed E-state index contributed by atoms with van der Waals surface area (Å²) in [6, 6.07) is 0. The zero-order chi connectivity index (χ0) is 18.4. The molecule has 0 spiro atoms. The van der Waals surface area contributed by atoms with Crippen LogP contribution in [0.4, 0.5) is 0 Å². The van der Waals surface area contributed by atoms with Gasteiger partial charge in [0, 0.05) is 6.61 Å². The Morgan fingerprint density at radius 1 is 1.04 bits per heavy atom. The summed E-state index contributed by atoms with van der Waals surface area (Å²) in [6.45, 7) is 9.11. The van der Waals surface area contributed by atoms with Crippen LogP contribution in [0.3, 0.4) is 0 Å². The van der Waals surface area contributed by atoms with Crippen LogP contribution in [0.1, 0.15) is 51.9 Å². The molecule has 0 aromatic heterocycles. The van der Waals surface area contributed by atoms with Crippen molar-refractivity contribution in [3.8, 4) is 35.1 Å². The first-order valence-electron chi connectivity index (χ1n) is 9.26. The van der Waals surface area contributed by atoms with E-state index in [9.17, 15) is 5.11 Å². The molecule has 1 saturated heterocycles. The molecule has 1 N–H and O–H groups in total. The summed E-state index contributed by atoms with van der Waals surface area (Å²) in [5, 5.41) is 10.6. The van der Waals surface area contributed by atoms with E-state index in [1.54, 1.807) is 6.92 Å². The second kappa shape index (κ2) is 8.44. The molecule has 1 atom stereocenters. The lowest BCUT2D eigenvalue weighted by Gasteiger charge is -2.41. The van der Waals surface area contributed by atoms with Crippen LogP contribution in [0, 0.1) is 35.1 Å². The maximum Gasteiger partial charge on any atom is 0.159 e. The van der Waals surface area contributed by atoms with Gasteiger partial charge in [0.25, 0.3) is 0 Å². The van der Waals surface area contributed by atoms with Crippen molar-refractivity contribution in [1.82, 2.24) is 0 Å². The van der Waals surface area contributed by atoms with Crippen LogP contribution in [-0.4, -0.2) is 37.3 Å². The first-order chi connectivity index (χ1) is 11.8. The summed E-state index contributed by atoms with van der Waals surface area (Å²) in [4.78, 5) is 0. The Kier molecular flexibility index (Phi) is 6.78. The minimum atomic E-state index is -1.43. The molecule has 0 amide bonds. The van der Waals surface area contributed by atoms with E-state index in [1.165, 1.54) is 0 Å². The third-order valence-corrected chi connectivity index (χ3v) is 5.40. The van der Waals surface area contributed by atoms with Gasteiger partial charge in [0.05, 0.1) is 0 Å². The van der Waals surface area contributed by atoms with E-state index in [-0.39, 0.29) is 6.29 Å². The smallest absolute Gasteiger partial charge is 0.159 e. The average Bonchev–Trinajstić information content (AvgIpc) is 2.55. The molecule has 136 valence electrons. The van der Waals surface area contributed by atoms with E-state index in [0.29, 0.717) is 25.7 Å². The lowest BCUT2D eigenvalue weighted by atomic mass is 9.76. The van der Waals surface area contributed by atoms with Crippen LogP contribution < -0.4 is 0 Å². The van der Waals surface area contributed by atoms with E-state index in [2.05, 4.69) is 54.8 Å². The fourth-order valence-corrected chi connectivity index (χ4v) is 3.55. The molecule has 0 bridgehead atoms. The number of aliphatic hydroxyl groups is 1. The van der Waals surface area contributed by atoms with Crippen LogP contribution in [0.25, 0.3) is 0 Å². The molecule has 1 heterocycles. The Morgan fingerprint density at radius 3 is 2.32 bits per heavy atom. The van der Waals surface area contributed by atoms with Crippen LogP contribution >= 0.6 is 0 Å². The van der Waals surface area contributed by atoms with Gasteiger partial charge in [-0.2, -0.15) is 0 Å². The monoisotopic (exact) mass is 358 g/mol. The van der Waals surface area contributed by atoms with Crippen LogP contribution in [-0.2, 0) is 9.47 Å². The van der Waals surface area contributed by atoms with Gasteiger partial charge < -0.3 is 14.6 Å². The number of rotatable bonds is 2. The minimum Gasteiger partial charge on any atom is -0.378 e. The highest BCUT2D eigenvalue weighted by Crippen LogP contribution is 2.38. The number of hydrogen-bond acceptors (Lipinski definition) is 3. The van der Waals surface area contributed by atoms with Crippen molar-refractivity contribution in [2.45, 2.75) is 89.0 Å². The first-order valence-corrected chi connectivity index (χ1v) is 12.8. The molecule has 1 aliphatic carbocycles. The highest BCUT2D eigenvalue weighted by Gasteiger charge is 2.42. The zero-order valence-electron chi connectivity index (χ0n) is 16.0. The fourth-order valence-electron chi connectivity index (χ4n) is 3.12. The molecule has 0 aromatic rings. The molecule has 3 nitrogen and oxygen atoms in total. The third-order valence-electron chi connectivity index (χ3n) is 4.53. The van der Waals surface area contributed by atoms with Crippen LogP contribution in [0.5, 0.6) is 0 Å². The Labute approximate surface area is 153 Å². The molecule has 1 unspecified atom stereocenters. The molecule has 25 heavy (non-hydrogen) atoms. The number of hydrogen-bond donors (Lipinski definition) is 1. The Bertz CT molecular complexity index is 628. The van der Waals surface area contributed by atoms with Gasteiger partial charge in [-0.1, -0.05) is 31.5 Å². The highest BCUT2D eigenvalue weighted by atomic mass is 28.3. The van der Waals surface area contributed by atoms with Gasteiger partial charge in [0.2, 0.25) is 0 Å². The largest absolute Gasteiger partial charge is 0.378 e. The van der Waals surface area contributed by atoms with E-state index in [1.807, 2.05) is 0 Å². The van der Waals surface area contributed by atoms with Crippen molar-refractivity contribution in [3.05, 3.63) is 0 Å². The highest BCUT2D eigenvalue weighted by molar-refractivity contribution is 6.83. The summed E-state index contributed by atoms with van der Waals surface area (Å²) in [7, 11) is -1.43. The predicted molar refractivity (Wildman–Crippen MR) is 103 cm³/mol. The molecule has 0 aromatic carbocycles. The maximum atomic E-state index is 10.6. The molecular weight excluding hydrogens is 328 g/mol. The van der Waals surface area contributed by atoms with Gasteiger partial charge in [-0.25, -0.2) is 0 Å². The quantitative estimate of drug-likeness (QED) is 0.607. The van der Waals surface area contributed by atoms with E-state index < -0.39 is 19.3 Å². The van der Waals surface area contributed by atoms with E-state index in [0.717, 1.165) is 25.9 Å². The van der Waals surface area contributed by atoms with Gasteiger partial charge >= 0.3 is 0 Å². The standard InChI is InChI=1S/C21H30O3Si/c1-5-11-20(22)13-15-21(16-14-20,12-7-9-18-25(2,3)4)24-19-10-6-8-17-23-19/h19,22H,6,8,10,13-17H2,1-4H3. The van der Waals surface area contributed by atoms with Crippen LogP contribution in [0.15, 0.2) is 0 Å². The van der Waals surface area contributed by atoms with Gasteiger partial charge in [-0.3, -0.25) is 0 Å². The summed E-state index contributed by atoms with van der Waals surface area (Å²) >= 11 is 0. The van der Waals surface area contributed by atoms with Crippen molar-refractivity contribution in [2.24, 2.45) is 0 Å². The fraction of sp³-hybridized carbons (Fsp3) is 0.714. The van der Waals surface area contributed by atoms with Crippen molar-refractivity contribution in [1.29, 1.82) is 0 Å². The summed E-state index contributed by atoms with van der Waals surface area (Å²) in [6.07, 6.45) is 5.35. The van der Waals surface area contributed by atoms with Gasteiger partial charge in [0.15, 0.2) is 6.29 Å². The van der Waals surface area contributed by atoms with E-state index in [4.69, 9.17) is 9.47 Å². The average molecular weight is 359 g/mol. The van der Waals surface area contributed by atoms with Gasteiger partial charge in [0.1, 0.15) is 19.3 Å². The number of ether oxygens (including phenoxy) is 2. The second-order valence-electron chi connectivity index (χ2n) is 8.06. The molecule has 4 heteroatoms. The molecule has 1 saturated carbocycles. The maximum absolute atomic E-state index is 10.6. The minimum absolute atomic E-state index is 0.198. The topological polar surface area (TPSA) is 38.7 Å². The van der Waals surface area contributed by atoms with E-state index >= 15 is 0 Å². The second-order valence-corrected chi connectivity index (χ2v) is 12.8. The van der Waals surface area contributed by atoms with Crippen molar-refractivity contribution >= 4 is 8.07 Å². The summed E-state index contributed by atoms with van der Waals surface area (Å²) in [5.41, 5.74) is 1.77. The lowest BCUT2D eigenvalue weighted by molar-refractivity contribution is -0.220. The molecule has 2 rings (SSSR count). The summed E-state index contributed by atoms with van der Waals surface area (Å²) in [5.74, 6) is 15.1. The summed E-state index contributed by atoms with van der Waals surface area (Å²) < 4.78 is 12.1. The molecule has 0 radical (unpaired) electrons. The lowest BCUT2D eigenvalue weighted by Crippen LogP contribution is -2.46. The molecule has 2 aliphatic rings. The molecular formula is C21H30O3Si. The zero-order valence-corrected chi connectivity index (χ0v) is 17.0. The van der Waals surface area contributed by atoms with Crippen molar-refractivity contribution in [2.75, 3.05) is 6.61 Å². The Balaban J connectivity index is 2.15. The normalized spacial score (nSPS) is 32.3. The third kappa shape index (κ3) is 6.54. The molecule has 1 aliphatic heterocycles. The van der Waals surface area contributed by atoms with Crippen LogP contribution in [0.2, 0.25) is 19.6 Å². The Hall–Kier alpha value is -1.22. The van der Waals surface area contributed by atoms with Crippen molar-refractivity contribution in [3.63, 3.8) is 0 Å². The SMILES string of the molecule is CC#CC1(O)CCC(C#CC#C[Si](C)(C)C)(OC2CCCCO2)CC1. The predicted octanol–water partition coefficient (Wildman–Crippen LogP) is 3.48. The Morgan fingerprint density at radius 2 is 1.76 bits per heavy atom. The first kappa shape index (κ1) is 20.1.